The van der Waals surface area contributed by atoms with Crippen molar-refractivity contribution in [1.29, 1.82) is 0 Å². The summed E-state index contributed by atoms with van der Waals surface area (Å²) in [6.07, 6.45) is 18.3. The number of nitrogens with one attached hydrogen (secondary N) is 2. The van der Waals surface area contributed by atoms with Crippen LogP contribution in [0.1, 0.15) is 151 Å². The van der Waals surface area contributed by atoms with Crippen molar-refractivity contribution < 1.29 is 9.47 Å². The number of aromatic amines is 2. The van der Waals surface area contributed by atoms with Gasteiger partial charge in [-0.3, -0.25) is 0 Å². The molecule has 2 N–H and O–H groups in total. The minimum absolute atomic E-state index is 0.206. The standard InChI is InChI=1S/C48H62N4O2/c1-12-15-18-30-35-21-23-37(49-35)31(19-16-13-2)39-25-27-41(51-39)43(42-28-26-40(52-42)32(20-17-14-3)38-24-22-36(30)50-38)33-29-34(47(4,5)6)45(53-10)46(54-11)44(33)48(7,8)9/h21-29,51-52H,12-20H2,1-11H3. The number of hydrogen-bond donors (Lipinski definition) is 2. The van der Waals surface area contributed by atoms with Gasteiger partial charge in [-0.2, -0.15) is 0 Å². The molecule has 6 heteroatoms. The molecule has 8 bridgehead atoms. The molecule has 6 nitrogen and oxygen atoms in total. The fraction of sp³-hybridized carbons (Fsp3) is 0.458. The molecule has 0 saturated carbocycles. The number of aromatic nitrogens is 4. The number of ether oxygens (including phenoxy) is 2. The quantitative estimate of drug-likeness (QED) is 0.132. The Labute approximate surface area is 323 Å². The molecule has 0 saturated heterocycles. The van der Waals surface area contributed by atoms with E-state index < -0.39 is 0 Å². The molecular formula is C48H62N4O2. The fourth-order valence-corrected chi connectivity index (χ4v) is 8.05. The number of rotatable bonds is 12. The van der Waals surface area contributed by atoms with Gasteiger partial charge in [0.25, 0.3) is 0 Å². The van der Waals surface area contributed by atoms with E-state index in [0.717, 1.165) is 136 Å². The number of methoxy groups -OCH3 is 2. The maximum atomic E-state index is 6.33. The number of hydrogen-bond acceptors (Lipinski definition) is 4. The van der Waals surface area contributed by atoms with Crippen molar-refractivity contribution >= 4 is 46.4 Å². The number of unbranched alkanes of at least 4 members (excludes halogenated alkanes) is 3. The molecule has 5 heterocycles. The van der Waals surface area contributed by atoms with Crippen LogP contribution in [0.3, 0.4) is 0 Å². The van der Waals surface area contributed by atoms with E-state index in [0.29, 0.717) is 0 Å². The Morgan fingerprint density at radius 2 is 0.944 bits per heavy atom. The van der Waals surface area contributed by atoms with Gasteiger partial charge in [0.1, 0.15) is 0 Å². The van der Waals surface area contributed by atoms with Gasteiger partial charge in [-0.15, -0.1) is 0 Å². The van der Waals surface area contributed by atoms with Gasteiger partial charge in [-0.05, 0) is 110 Å². The Morgan fingerprint density at radius 1 is 0.537 bits per heavy atom. The largest absolute Gasteiger partial charge is 0.493 e. The molecule has 0 amide bonds. The predicted molar refractivity (Wildman–Crippen MR) is 231 cm³/mol. The lowest BCUT2D eigenvalue weighted by Gasteiger charge is -2.31. The molecule has 0 fully saturated rings. The molecular weight excluding hydrogens is 665 g/mol. The van der Waals surface area contributed by atoms with Crippen molar-refractivity contribution in [3.8, 4) is 22.6 Å². The molecule has 2 aliphatic heterocycles. The second-order valence-corrected chi connectivity index (χ2v) is 17.0. The van der Waals surface area contributed by atoms with E-state index >= 15 is 0 Å². The Bertz CT molecular complexity index is 2130. The van der Waals surface area contributed by atoms with E-state index in [4.69, 9.17) is 19.4 Å². The van der Waals surface area contributed by atoms with E-state index in [1.165, 1.54) is 16.7 Å². The zero-order chi connectivity index (χ0) is 38.8. The number of aryl methyl sites for hydroxylation is 2. The lowest BCUT2D eigenvalue weighted by molar-refractivity contribution is 0.336. The summed E-state index contributed by atoms with van der Waals surface area (Å²) in [7, 11) is 3.52. The molecule has 286 valence electrons. The van der Waals surface area contributed by atoms with Gasteiger partial charge in [-0.25, -0.2) is 9.97 Å². The Hall–Kier alpha value is -4.58. The van der Waals surface area contributed by atoms with Gasteiger partial charge in [-0.1, -0.05) is 81.6 Å². The van der Waals surface area contributed by atoms with E-state index in [2.05, 4.69) is 127 Å². The zero-order valence-electron chi connectivity index (χ0n) is 34.8. The maximum absolute atomic E-state index is 6.33. The highest BCUT2D eigenvalue weighted by Gasteiger charge is 2.33. The van der Waals surface area contributed by atoms with Gasteiger partial charge >= 0.3 is 0 Å². The van der Waals surface area contributed by atoms with Gasteiger partial charge in [0.2, 0.25) is 0 Å². The molecule has 54 heavy (non-hydrogen) atoms. The number of fused-ring (bicyclic) bond motifs is 8. The molecule has 0 radical (unpaired) electrons. The second kappa shape index (κ2) is 16.0. The first-order valence-electron chi connectivity index (χ1n) is 20.3. The van der Waals surface area contributed by atoms with Gasteiger partial charge in [0.05, 0.1) is 37.0 Å². The number of benzene rings is 1. The van der Waals surface area contributed by atoms with Crippen LogP contribution in [0, 0.1) is 0 Å². The minimum atomic E-state index is -0.272. The third-order valence-corrected chi connectivity index (χ3v) is 10.9. The highest BCUT2D eigenvalue weighted by Crippen LogP contribution is 2.51. The summed E-state index contributed by atoms with van der Waals surface area (Å²) in [5.74, 6) is 1.58. The van der Waals surface area contributed by atoms with Crippen molar-refractivity contribution in [2.45, 2.75) is 131 Å². The van der Waals surface area contributed by atoms with Crippen LogP contribution in [0.5, 0.6) is 11.5 Å². The number of H-pyrrole nitrogens is 2. The van der Waals surface area contributed by atoms with Gasteiger partial charge in [0, 0.05) is 55.4 Å². The van der Waals surface area contributed by atoms with Crippen molar-refractivity contribution in [2.75, 3.05) is 14.2 Å². The Morgan fingerprint density at radius 3 is 1.33 bits per heavy atom. The van der Waals surface area contributed by atoms with E-state index in [1.807, 2.05) is 0 Å². The molecule has 4 aromatic rings. The highest BCUT2D eigenvalue weighted by atomic mass is 16.5. The molecule has 0 unspecified atom stereocenters. The van der Waals surface area contributed by atoms with Crippen molar-refractivity contribution in [3.05, 3.63) is 80.9 Å². The zero-order valence-corrected chi connectivity index (χ0v) is 34.8. The summed E-state index contributed by atoms with van der Waals surface area (Å²) < 4.78 is 12.5. The van der Waals surface area contributed by atoms with E-state index in [-0.39, 0.29) is 10.8 Å². The summed E-state index contributed by atoms with van der Waals surface area (Å²) in [4.78, 5) is 18.7. The fourth-order valence-electron chi connectivity index (χ4n) is 8.05. The summed E-state index contributed by atoms with van der Waals surface area (Å²) in [6.45, 7) is 20.3. The first kappa shape index (κ1) is 39.1. The molecule has 2 aliphatic rings. The lowest BCUT2D eigenvalue weighted by atomic mass is 9.76. The third kappa shape index (κ3) is 7.67. The van der Waals surface area contributed by atoms with Crippen molar-refractivity contribution in [1.82, 2.24) is 19.9 Å². The maximum Gasteiger partial charge on any atom is 0.165 e. The molecule has 3 aromatic heterocycles. The van der Waals surface area contributed by atoms with Crippen molar-refractivity contribution in [3.63, 3.8) is 0 Å². The third-order valence-electron chi connectivity index (χ3n) is 10.9. The van der Waals surface area contributed by atoms with Crippen LogP contribution in [-0.4, -0.2) is 34.2 Å². The summed E-state index contributed by atoms with van der Waals surface area (Å²) in [5, 5.41) is 0. The van der Waals surface area contributed by atoms with Crippen LogP contribution in [0.25, 0.3) is 57.5 Å². The second-order valence-electron chi connectivity index (χ2n) is 17.0. The summed E-state index contributed by atoms with van der Waals surface area (Å²) >= 11 is 0. The SMILES string of the molecule is CCCCc1c2nc(c(CCCC)c3ccc([nH]3)c(-c3cc(C(C)(C)C)c(OC)c(OC)c3C(C)(C)C)c3ccc([nH]3)c(CCCC)c3nc1C=C3)C=C2. The van der Waals surface area contributed by atoms with Gasteiger partial charge in [0.15, 0.2) is 11.5 Å². The normalized spacial score (nSPS) is 12.9. The Kier molecular flexibility index (Phi) is 11.6. The number of nitrogens with zero attached hydrogens (tertiary/aromatic N) is 2. The molecule has 0 spiro atoms. The van der Waals surface area contributed by atoms with Gasteiger partial charge < -0.3 is 19.4 Å². The summed E-state index contributed by atoms with van der Waals surface area (Å²) in [6, 6.07) is 11.4. The highest BCUT2D eigenvalue weighted by molar-refractivity contribution is 5.97. The Balaban J connectivity index is 1.85. The first-order chi connectivity index (χ1) is 25.8. The first-order valence-corrected chi connectivity index (χ1v) is 20.3. The van der Waals surface area contributed by atoms with E-state index in [9.17, 15) is 0 Å². The van der Waals surface area contributed by atoms with Crippen molar-refractivity contribution in [2.24, 2.45) is 0 Å². The van der Waals surface area contributed by atoms with Crippen LogP contribution in [0.15, 0.2) is 30.3 Å². The van der Waals surface area contributed by atoms with Crippen LogP contribution in [0.4, 0.5) is 0 Å². The lowest BCUT2D eigenvalue weighted by Crippen LogP contribution is -2.19. The average molecular weight is 727 g/mol. The average Bonchev–Trinajstić information content (AvgIpc) is 3.97. The smallest absolute Gasteiger partial charge is 0.165 e. The summed E-state index contributed by atoms with van der Waals surface area (Å²) in [5.41, 5.74) is 16.1. The van der Waals surface area contributed by atoms with Crippen LogP contribution >= 0.6 is 0 Å². The predicted octanol–water partition coefficient (Wildman–Crippen LogP) is 13.0. The molecule has 0 atom stereocenters. The molecule has 1 aromatic carbocycles. The van der Waals surface area contributed by atoms with Crippen LogP contribution in [-0.2, 0) is 30.1 Å². The van der Waals surface area contributed by atoms with Crippen LogP contribution in [0.2, 0.25) is 0 Å². The van der Waals surface area contributed by atoms with Crippen LogP contribution < -0.4 is 9.47 Å². The van der Waals surface area contributed by atoms with E-state index in [1.54, 1.807) is 14.2 Å². The molecule has 6 rings (SSSR count). The molecule has 0 aliphatic carbocycles. The minimum Gasteiger partial charge on any atom is -0.493 e. The monoisotopic (exact) mass is 726 g/mol. The topological polar surface area (TPSA) is 75.8 Å².